The van der Waals surface area contributed by atoms with Crippen LogP contribution in [0.1, 0.15) is 37.6 Å². The molecule has 4 rings (SSSR count). The van der Waals surface area contributed by atoms with Crippen LogP contribution in [0.25, 0.3) is 11.3 Å². The highest BCUT2D eigenvalue weighted by Crippen LogP contribution is 2.49. The highest BCUT2D eigenvalue weighted by molar-refractivity contribution is 7.10. The number of thiophene rings is 1. The minimum absolute atomic E-state index is 0.00365. The van der Waals surface area contributed by atoms with E-state index >= 15 is 0 Å². The maximum atomic E-state index is 5.87. The van der Waals surface area contributed by atoms with Crippen molar-refractivity contribution >= 4 is 11.3 Å². The molecule has 0 bridgehead atoms. The van der Waals surface area contributed by atoms with Gasteiger partial charge in [-0.3, -0.25) is 0 Å². The molecule has 3 nitrogen and oxygen atoms in total. The van der Waals surface area contributed by atoms with Gasteiger partial charge in [0.05, 0.1) is 29.9 Å². The summed E-state index contributed by atoms with van der Waals surface area (Å²) in [7, 11) is 0. The summed E-state index contributed by atoms with van der Waals surface area (Å²) in [6.07, 6.45) is 6.25. The highest BCUT2D eigenvalue weighted by Gasteiger charge is 2.40. The van der Waals surface area contributed by atoms with E-state index in [0.717, 1.165) is 19.4 Å². The van der Waals surface area contributed by atoms with Crippen LogP contribution in [0, 0.1) is 5.92 Å². The molecule has 0 amide bonds. The first-order valence-corrected chi connectivity index (χ1v) is 7.77. The fourth-order valence-electron chi connectivity index (χ4n) is 3.61. The molecular weight excluding hydrogens is 256 g/mol. The predicted molar refractivity (Wildman–Crippen MR) is 76.4 cm³/mol. The summed E-state index contributed by atoms with van der Waals surface area (Å²) in [6, 6.07) is 2.70. The maximum absolute atomic E-state index is 5.87. The zero-order chi connectivity index (χ0) is 13.0. The molecule has 100 valence electrons. The van der Waals surface area contributed by atoms with Crippen LogP contribution in [-0.4, -0.2) is 21.8 Å². The molecule has 0 unspecified atom stereocenters. The van der Waals surface area contributed by atoms with Gasteiger partial charge in [0.25, 0.3) is 0 Å². The topological polar surface area (TPSA) is 27.1 Å². The molecule has 4 heteroatoms. The minimum Gasteiger partial charge on any atom is -0.376 e. The Morgan fingerprint density at radius 1 is 1.47 bits per heavy atom. The molecule has 2 aliphatic heterocycles. The van der Waals surface area contributed by atoms with E-state index in [9.17, 15) is 0 Å². The lowest BCUT2D eigenvalue weighted by molar-refractivity contribution is -0.0778. The van der Waals surface area contributed by atoms with Gasteiger partial charge in [-0.2, -0.15) is 0 Å². The molecular formula is C15H18N2OS. The molecule has 1 fully saturated rings. The Labute approximate surface area is 117 Å². The van der Waals surface area contributed by atoms with Crippen molar-refractivity contribution in [2.75, 3.05) is 6.61 Å². The molecule has 2 aliphatic rings. The molecule has 0 aromatic carbocycles. The number of rotatable bonds is 1. The van der Waals surface area contributed by atoms with Crippen LogP contribution in [0.5, 0.6) is 0 Å². The van der Waals surface area contributed by atoms with Gasteiger partial charge >= 0.3 is 0 Å². The second-order valence-corrected chi connectivity index (χ2v) is 7.14. The van der Waals surface area contributed by atoms with Crippen molar-refractivity contribution in [2.45, 2.75) is 38.3 Å². The van der Waals surface area contributed by atoms with E-state index < -0.39 is 0 Å². The summed E-state index contributed by atoms with van der Waals surface area (Å²) in [5, 5.41) is 2.21. The van der Waals surface area contributed by atoms with E-state index in [4.69, 9.17) is 4.74 Å². The van der Waals surface area contributed by atoms with Gasteiger partial charge in [0.2, 0.25) is 0 Å². The summed E-state index contributed by atoms with van der Waals surface area (Å²) >= 11 is 1.89. The fraction of sp³-hybridized carbons (Fsp3) is 0.533. The fourth-order valence-corrected chi connectivity index (χ4v) is 4.71. The Morgan fingerprint density at radius 3 is 3.21 bits per heavy atom. The molecule has 0 saturated carbocycles. The number of fused-ring (bicyclic) bond motifs is 3. The normalized spacial score (nSPS) is 28.1. The summed E-state index contributed by atoms with van der Waals surface area (Å²) in [4.78, 5) is 5.85. The van der Waals surface area contributed by atoms with Gasteiger partial charge in [-0.05, 0) is 44.1 Å². The lowest BCUT2D eigenvalue weighted by Gasteiger charge is -2.38. The summed E-state index contributed by atoms with van der Waals surface area (Å²) < 4.78 is 8.24. The van der Waals surface area contributed by atoms with Crippen molar-refractivity contribution in [2.24, 2.45) is 5.92 Å². The maximum Gasteiger partial charge on any atom is 0.0957 e. The van der Waals surface area contributed by atoms with Gasteiger partial charge in [-0.1, -0.05) is 0 Å². The van der Waals surface area contributed by atoms with Gasteiger partial charge in [-0.15, -0.1) is 11.3 Å². The summed E-state index contributed by atoms with van der Waals surface area (Å²) in [6.45, 7) is 5.29. The molecule has 0 aliphatic carbocycles. The first-order chi connectivity index (χ1) is 9.16. The van der Waals surface area contributed by atoms with Crippen molar-refractivity contribution in [1.29, 1.82) is 0 Å². The van der Waals surface area contributed by atoms with Crippen LogP contribution in [-0.2, 0) is 4.74 Å². The first kappa shape index (κ1) is 11.7. The van der Waals surface area contributed by atoms with Gasteiger partial charge < -0.3 is 9.30 Å². The van der Waals surface area contributed by atoms with Crippen LogP contribution in [0.15, 0.2) is 24.0 Å². The second kappa shape index (κ2) is 3.93. The Balaban J connectivity index is 1.76. The SMILES string of the molecule is CC1(C)C[C@H]([C@@H]2c3sccc3-c3cncn32)CCO1. The number of nitrogens with zero attached hydrogens (tertiary/aromatic N) is 2. The van der Waals surface area contributed by atoms with Crippen LogP contribution >= 0.6 is 11.3 Å². The molecule has 2 aromatic heterocycles. The molecule has 2 aromatic rings. The molecule has 2 atom stereocenters. The van der Waals surface area contributed by atoms with Crippen LogP contribution < -0.4 is 0 Å². The predicted octanol–water partition coefficient (Wildman–Crippen LogP) is 3.72. The quantitative estimate of drug-likeness (QED) is 0.792. The van der Waals surface area contributed by atoms with Gasteiger partial charge in [-0.25, -0.2) is 4.98 Å². The third-order valence-corrected chi connectivity index (χ3v) is 5.37. The number of ether oxygens (including phenoxy) is 1. The largest absolute Gasteiger partial charge is 0.376 e. The van der Waals surface area contributed by atoms with Gasteiger partial charge in [0, 0.05) is 17.0 Å². The number of imidazole rings is 1. The average molecular weight is 274 g/mol. The monoisotopic (exact) mass is 274 g/mol. The van der Waals surface area contributed by atoms with Crippen LogP contribution in [0.4, 0.5) is 0 Å². The minimum atomic E-state index is 0.00365. The van der Waals surface area contributed by atoms with E-state index in [0.29, 0.717) is 12.0 Å². The Morgan fingerprint density at radius 2 is 2.37 bits per heavy atom. The van der Waals surface area contributed by atoms with Crippen molar-refractivity contribution < 1.29 is 4.74 Å². The molecule has 0 N–H and O–H groups in total. The molecule has 0 radical (unpaired) electrons. The molecule has 0 spiro atoms. The van der Waals surface area contributed by atoms with Crippen molar-refractivity contribution in [3.05, 3.63) is 28.8 Å². The van der Waals surface area contributed by atoms with E-state index in [1.54, 1.807) is 0 Å². The van der Waals surface area contributed by atoms with Crippen molar-refractivity contribution in [3.63, 3.8) is 0 Å². The molecule has 19 heavy (non-hydrogen) atoms. The van der Waals surface area contributed by atoms with Gasteiger partial charge in [0.1, 0.15) is 0 Å². The van der Waals surface area contributed by atoms with Crippen LogP contribution in [0.3, 0.4) is 0 Å². The van der Waals surface area contributed by atoms with E-state index in [-0.39, 0.29) is 5.60 Å². The lowest BCUT2D eigenvalue weighted by Crippen LogP contribution is -2.37. The first-order valence-electron chi connectivity index (χ1n) is 6.89. The standard InChI is InChI=1S/C15H18N2OS/c1-15(2)7-10(3-5-18-15)13-14-11(4-6-19-14)12-8-16-9-17(12)13/h4,6,8-10,13H,3,5,7H2,1-2H3/t10-,13-/m1/s1. The third-order valence-electron chi connectivity index (χ3n) is 4.39. The Bertz CT molecular complexity index is 573. The lowest BCUT2D eigenvalue weighted by atomic mass is 9.83. The number of aromatic nitrogens is 2. The smallest absolute Gasteiger partial charge is 0.0957 e. The zero-order valence-corrected chi connectivity index (χ0v) is 12.1. The summed E-state index contributed by atoms with van der Waals surface area (Å²) in [5.41, 5.74) is 2.67. The molecule has 1 saturated heterocycles. The number of hydrogen-bond acceptors (Lipinski definition) is 3. The van der Waals surface area contributed by atoms with Gasteiger partial charge in [0.15, 0.2) is 0 Å². The van der Waals surface area contributed by atoms with Crippen molar-refractivity contribution in [3.8, 4) is 11.3 Å². The van der Waals surface area contributed by atoms with E-state index in [2.05, 4.69) is 34.8 Å². The third kappa shape index (κ3) is 1.70. The Kier molecular flexibility index (Phi) is 2.42. The molecule has 4 heterocycles. The van der Waals surface area contributed by atoms with E-state index in [1.165, 1.54) is 16.1 Å². The average Bonchev–Trinajstić information content (AvgIpc) is 2.98. The van der Waals surface area contributed by atoms with Crippen LogP contribution in [0.2, 0.25) is 0 Å². The second-order valence-electron chi connectivity index (χ2n) is 6.19. The summed E-state index contributed by atoms with van der Waals surface area (Å²) in [5.74, 6) is 0.650. The van der Waals surface area contributed by atoms with Crippen molar-refractivity contribution in [1.82, 2.24) is 9.55 Å². The highest BCUT2D eigenvalue weighted by atomic mass is 32.1. The van der Waals surface area contributed by atoms with E-state index in [1.807, 2.05) is 23.9 Å². The Hall–Kier alpha value is -1.13. The number of hydrogen-bond donors (Lipinski definition) is 0. The zero-order valence-electron chi connectivity index (χ0n) is 11.3.